The summed E-state index contributed by atoms with van der Waals surface area (Å²) >= 11 is 5.92. The van der Waals surface area contributed by atoms with Crippen molar-refractivity contribution in [2.24, 2.45) is 0 Å². The van der Waals surface area contributed by atoms with E-state index in [1.807, 2.05) is 11.9 Å². The molecule has 0 fully saturated rings. The molecule has 1 heterocycles. The number of hydrogen-bond acceptors (Lipinski definition) is 3. The Hall–Kier alpha value is -0.800. The van der Waals surface area contributed by atoms with Crippen LogP contribution in [0.1, 0.15) is 6.92 Å². The molecule has 0 radical (unpaired) electrons. The second-order valence-electron chi connectivity index (χ2n) is 3.04. The predicted octanol–water partition coefficient (Wildman–Crippen LogP) is 1.55. The molecule has 0 aliphatic heterocycles. The molecule has 0 aromatic carbocycles. The highest BCUT2D eigenvalue weighted by atomic mass is 35.5. The fraction of sp³-hybridized carbons (Fsp3) is 0.444. The van der Waals surface area contributed by atoms with Crippen molar-refractivity contribution < 1.29 is 5.11 Å². The van der Waals surface area contributed by atoms with Crippen LogP contribution in [0.4, 0.5) is 5.82 Å². The highest BCUT2D eigenvalue weighted by Gasteiger charge is 2.08. The van der Waals surface area contributed by atoms with E-state index in [1.54, 1.807) is 25.3 Å². The molecule has 13 heavy (non-hydrogen) atoms. The maximum atomic E-state index is 9.16. The van der Waals surface area contributed by atoms with Gasteiger partial charge in [-0.3, -0.25) is 0 Å². The lowest BCUT2D eigenvalue weighted by Gasteiger charge is -2.20. The summed E-state index contributed by atoms with van der Waals surface area (Å²) in [5, 5.41) is 9.76. The lowest BCUT2D eigenvalue weighted by molar-refractivity contribution is 0.201. The van der Waals surface area contributed by atoms with Gasteiger partial charge in [0, 0.05) is 19.8 Å². The summed E-state index contributed by atoms with van der Waals surface area (Å²) in [7, 11) is 1.85. The molecule has 1 rings (SSSR count). The van der Waals surface area contributed by atoms with E-state index >= 15 is 0 Å². The lowest BCUT2D eigenvalue weighted by atomic mass is 10.3. The van der Waals surface area contributed by atoms with E-state index in [4.69, 9.17) is 16.7 Å². The Morgan fingerprint density at radius 2 is 2.38 bits per heavy atom. The van der Waals surface area contributed by atoms with E-state index in [-0.39, 0.29) is 6.10 Å². The minimum absolute atomic E-state index is 0.386. The number of anilines is 1. The molecule has 4 heteroatoms. The Bertz CT molecular complexity index is 278. The summed E-state index contributed by atoms with van der Waals surface area (Å²) in [4.78, 5) is 5.94. The van der Waals surface area contributed by atoms with Crippen molar-refractivity contribution in [3.8, 4) is 0 Å². The second-order valence-corrected chi connectivity index (χ2v) is 3.45. The van der Waals surface area contributed by atoms with Crippen molar-refractivity contribution in [1.29, 1.82) is 0 Å². The van der Waals surface area contributed by atoms with Crippen molar-refractivity contribution in [2.45, 2.75) is 13.0 Å². The van der Waals surface area contributed by atoms with Crippen molar-refractivity contribution in [1.82, 2.24) is 4.98 Å². The SMILES string of the molecule is C[C@@H](O)CN(C)c1ncccc1Cl. The van der Waals surface area contributed by atoms with Crippen LogP contribution in [0.5, 0.6) is 0 Å². The molecule has 0 saturated carbocycles. The van der Waals surface area contributed by atoms with Crippen LogP contribution in [0.2, 0.25) is 5.02 Å². The number of hydrogen-bond donors (Lipinski definition) is 1. The molecule has 0 aliphatic carbocycles. The maximum Gasteiger partial charge on any atom is 0.147 e. The Labute approximate surface area is 83.0 Å². The first-order chi connectivity index (χ1) is 6.11. The zero-order valence-corrected chi connectivity index (χ0v) is 8.49. The second kappa shape index (κ2) is 4.44. The zero-order chi connectivity index (χ0) is 9.84. The molecule has 0 spiro atoms. The monoisotopic (exact) mass is 200 g/mol. The van der Waals surface area contributed by atoms with Gasteiger partial charge in [-0.05, 0) is 19.1 Å². The topological polar surface area (TPSA) is 36.4 Å². The van der Waals surface area contributed by atoms with Crippen molar-refractivity contribution in [3.63, 3.8) is 0 Å². The highest BCUT2D eigenvalue weighted by Crippen LogP contribution is 2.20. The Morgan fingerprint density at radius 1 is 1.69 bits per heavy atom. The van der Waals surface area contributed by atoms with Crippen LogP contribution in [-0.4, -0.2) is 29.8 Å². The van der Waals surface area contributed by atoms with Gasteiger partial charge in [0.1, 0.15) is 5.82 Å². The Kier molecular flexibility index (Phi) is 3.51. The molecule has 72 valence electrons. The largest absolute Gasteiger partial charge is 0.392 e. The quantitative estimate of drug-likeness (QED) is 0.805. The molecule has 0 amide bonds. The van der Waals surface area contributed by atoms with E-state index in [9.17, 15) is 0 Å². The van der Waals surface area contributed by atoms with Crippen molar-refractivity contribution in [2.75, 3.05) is 18.5 Å². The summed E-state index contributed by atoms with van der Waals surface area (Å²) < 4.78 is 0. The number of likely N-dealkylation sites (N-methyl/N-ethyl adjacent to an activating group) is 1. The standard InChI is InChI=1S/C9H13ClN2O/c1-7(13)6-12(2)9-8(10)4-3-5-11-9/h3-5,7,13H,6H2,1-2H3/t7-/m1/s1. The molecular formula is C9H13ClN2O. The van der Waals surface area contributed by atoms with E-state index in [2.05, 4.69) is 4.98 Å². The highest BCUT2D eigenvalue weighted by molar-refractivity contribution is 6.32. The normalized spacial score (nSPS) is 12.6. The van der Waals surface area contributed by atoms with Crippen LogP contribution in [0.3, 0.4) is 0 Å². The van der Waals surface area contributed by atoms with Crippen molar-refractivity contribution >= 4 is 17.4 Å². The summed E-state index contributed by atoms with van der Waals surface area (Å²) in [6.45, 7) is 2.25. The predicted molar refractivity (Wildman–Crippen MR) is 54.2 cm³/mol. The van der Waals surface area contributed by atoms with E-state index in [0.29, 0.717) is 17.4 Å². The third kappa shape index (κ3) is 2.86. The maximum absolute atomic E-state index is 9.16. The summed E-state index contributed by atoms with van der Waals surface area (Å²) in [5.74, 6) is 0.699. The number of aliphatic hydroxyl groups is 1. The van der Waals surface area contributed by atoms with Crippen LogP contribution in [-0.2, 0) is 0 Å². The molecule has 0 bridgehead atoms. The number of halogens is 1. The Balaban J connectivity index is 2.76. The van der Waals surface area contributed by atoms with Gasteiger partial charge in [0.25, 0.3) is 0 Å². The summed E-state index contributed by atoms with van der Waals surface area (Å²) in [5.41, 5.74) is 0. The van der Waals surface area contributed by atoms with Gasteiger partial charge in [0.05, 0.1) is 11.1 Å². The van der Waals surface area contributed by atoms with Crippen LogP contribution in [0.25, 0.3) is 0 Å². The van der Waals surface area contributed by atoms with Gasteiger partial charge in [-0.25, -0.2) is 4.98 Å². The van der Waals surface area contributed by atoms with Crippen LogP contribution in [0.15, 0.2) is 18.3 Å². The molecular weight excluding hydrogens is 188 g/mol. The molecule has 0 unspecified atom stereocenters. The molecule has 0 aliphatic rings. The minimum atomic E-state index is -0.386. The number of rotatable bonds is 3. The van der Waals surface area contributed by atoms with Gasteiger partial charge in [-0.2, -0.15) is 0 Å². The average molecular weight is 201 g/mol. The lowest BCUT2D eigenvalue weighted by Crippen LogP contribution is -2.27. The zero-order valence-electron chi connectivity index (χ0n) is 7.74. The molecule has 1 aromatic rings. The van der Waals surface area contributed by atoms with Crippen LogP contribution in [0, 0.1) is 0 Å². The van der Waals surface area contributed by atoms with Gasteiger partial charge in [-0.15, -0.1) is 0 Å². The fourth-order valence-electron chi connectivity index (χ4n) is 1.14. The van der Waals surface area contributed by atoms with E-state index in [0.717, 1.165) is 0 Å². The van der Waals surface area contributed by atoms with Gasteiger partial charge in [-0.1, -0.05) is 11.6 Å². The molecule has 1 N–H and O–H groups in total. The van der Waals surface area contributed by atoms with E-state index < -0.39 is 0 Å². The number of nitrogens with zero attached hydrogens (tertiary/aromatic N) is 2. The third-order valence-electron chi connectivity index (χ3n) is 1.64. The Morgan fingerprint density at radius 3 is 2.92 bits per heavy atom. The number of pyridine rings is 1. The molecule has 1 aromatic heterocycles. The third-order valence-corrected chi connectivity index (χ3v) is 1.93. The van der Waals surface area contributed by atoms with Gasteiger partial charge < -0.3 is 10.0 Å². The molecule has 3 nitrogen and oxygen atoms in total. The van der Waals surface area contributed by atoms with Gasteiger partial charge in [0.15, 0.2) is 0 Å². The summed E-state index contributed by atoms with van der Waals surface area (Å²) in [6, 6.07) is 3.56. The van der Waals surface area contributed by atoms with Crippen LogP contribution < -0.4 is 4.90 Å². The number of aromatic nitrogens is 1. The first-order valence-corrected chi connectivity index (χ1v) is 4.48. The summed E-state index contributed by atoms with van der Waals surface area (Å²) in [6.07, 6.45) is 1.29. The molecule has 1 atom stereocenters. The minimum Gasteiger partial charge on any atom is -0.392 e. The molecule has 0 saturated heterocycles. The first-order valence-electron chi connectivity index (χ1n) is 4.11. The number of aliphatic hydroxyl groups excluding tert-OH is 1. The van der Waals surface area contributed by atoms with E-state index in [1.165, 1.54) is 0 Å². The first kappa shape index (κ1) is 10.3. The van der Waals surface area contributed by atoms with Crippen molar-refractivity contribution in [3.05, 3.63) is 23.4 Å². The van der Waals surface area contributed by atoms with Gasteiger partial charge >= 0.3 is 0 Å². The van der Waals surface area contributed by atoms with Crippen LogP contribution >= 0.6 is 11.6 Å². The fourth-order valence-corrected chi connectivity index (χ4v) is 1.41. The smallest absolute Gasteiger partial charge is 0.147 e. The van der Waals surface area contributed by atoms with Gasteiger partial charge in [0.2, 0.25) is 0 Å². The average Bonchev–Trinajstić information content (AvgIpc) is 2.03.